The normalized spacial score (nSPS) is 11.0. The number of halogens is 1. The molecule has 0 fully saturated rings. The smallest absolute Gasteiger partial charge is 0.295 e. The van der Waals surface area contributed by atoms with Gasteiger partial charge in [0.2, 0.25) is 5.82 Å². The number of nitrogens with one attached hydrogen (secondary N) is 1. The predicted molar refractivity (Wildman–Crippen MR) is 136 cm³/mol. The predicted octanol–water partition coefficient (Wildman–Crippen LogP) is 6.72. The Bertz CT molecular complexity index is 1480. The van der Waals surface area contributed by atoms with Crippen molar-refractivity contribution in [2.75, 3.05) is 5.32 Å². The van der Waals surface area contributed by atoms with Crippen LogP contribution in [0, 0.1) is 13.8 Å². The summed E-state index contributed by atoms with van der Waals surface area (Å²) in [7, 11) is 0. The zero-order valence-electron chi connectivity index (χ0n) is 18.2. The number of benzene rings is 4. The van der Waals surface area contributed by atoms with E-state index in [2.05, 4.69) is 44.3 Å². The van der Waals surface area contributed by atoms with Gasteiger partial charge in [0, 0.05) is 21.1 Å². The van der Waals surface area contributed by atoms with Crippen LogP contribution in [0.3, 0.4) is 0 Å². The molecule has 0 unspecified atom stereocenters. The lowest BCUT2D eigenvalue weighted by Crippen LogP contribution is -2.14. The number of hydrogen-bond acceptors (Lipinski definition) is 3. The number of aryl methyl sites for hydroxylation is 2. The van der Waals surface area contributed by atoms with Gasteiger partial charge in [-0.1, -0.05) is 82.2 Å². The standard InChI is InChI=1S/C27H21BrN4O/c1-17-10-15-24(18(2)16-17)32-26(20-11-13-21(28)14-12-20)30-25(31-32)27(33)29-23-9-5-7-19-6-3-4-8-22(19)23/h3-16H,1-2H3,(H,29,33). The molecule has 5 nitrogen and oxygen atoms in total. The molecule has 0 atom stereocenters. The third-order valence-corrected chi connectivity index (χ3v) is 6.06. The summed E-state index contributed by atoms with van der Waals surface area (Å²) < 4.78 is 2.72. The van der Waals surface area contributed by atoms with Crippen LogP contribution in [0.15, 0.2) is 89.4 Å². The summed E-state index contributed by atoms with van der Waals surface area (Å²) in [5.41, 5.74) is 4.70. The largest absolute Gasteiger partial charge is 0.319 e. The summed E-state index contributed by atoms with van der Waals surface area (Å²) in [5.74, 6) is 0.367. The molecular formula is C27H21BrN4O. The van der Waals surface area contributed by atoms with Crippen LogP contribution < -0.4 is 5.32 Å². The van der Waals surface area contributed by atoms with Crippen LogP contribution in [0.25, 0.3) is 27.8 Å². The number of hydrogen-bond donors (Lipinski definition) is 1. The maximum Gasteiger partial charge on any atom is 0.295 e. The molecule has 1 amide bonds. The van der Waals surface area contributed by atoms with Crippen LogP contribution in [0.2, 0.25) is 0 Å². The Kier molecular flexibility index (Phi) is 5.52. The second-order valence-corrected chi connectivity index (χ2v) is 8.86. The highest BCUT2D eigenvalue weighted by Crippen LogP contribution is 2.27. The van der Waals surface area contributed by atoms with Gasteiger partial charge in [-0.15, -0.1) is 5.10 Å². The van der Waals surface area contributed by atoms with Gasteiger partial charge in [0.1, 0.15) is 0 Å². The van der Waals surface area contributed by atoms with Gasteiger partial charge in [0.05, 0.1) is 5.69 Å². The van der Waals surface area contributed by atoms with Crippen molar-refractivity contribution in [3.05, 3.63) is 106 Å². The minimum atomic E-state index is -0.353. The van der Waals surface area contributed by atoms with Gasteiger partial charge in [-0.05, 0) is 49.1 Å². The second kappa shape index (κ2) is 8.64. The van der Waals surface area contributed by atoms with Gasteiger partial charge in [0.25, 0.3) is 5.91 Å². The third kappa shape index (κ3) is 4.17. The second-order valence-electron chi connectivity index (χ2n) is 7.95. The molecule has 5 aromatic rings. The van der Waals surface area contributed by atoms with E-state index >= 15 is 0 Å². The fraction of sp³-hybridized carbons (Fsp3) is 0.0741. The summed E-state index contributed by atoms with van der Waals surface area (Å²) in [5, 5.41) is 9.64. The van der Waals surface area contributed by atoms with Crippen molar-refractivity contribution in [2.45, 2.75) is 13.8 Å². The van der Waals surface area contributed by atoms with E-state index < -0.39 is 0 Å². The fourth-order valence-corrected chi connectivity index (χ4v) is 4.18. The molecule has 33 heavy (non-hydrogen) atoms. The molecule has 0 spiro atoms. The van der Waals surface area contributed by atoms with E-state index in [-0.39, 0.29) is 11.7 Å². The van der Waals surface area contributed by atoms with Gasteiger partial charge in [-0.2, -0.15) is 0 Å². The van der Waals surface area contributed by atoms with E-state index in [1.807, 2.05) is 85.8 Å². The maximum absolute atomic E-state index is 13.2. The minimum Gasteiger partial charge on any atom is -0.319 e. The molecule has 162 valence electrons. The van der Waals surface area contributed by atoms with Crippen LogP contribution >= 0.6 is 15.9 Å². The van der Waals surface area contributed by atoms with Crippen LogP contribution in [-0.2, 0) is 0 Å². The number of fused-ring (bicyclic) bond motifs is 1. The molecule has 0 radical (unpaired) electrons. The molecule has 0 aliphatic carbocycles. The van der Waals surface area contributed by atoms with E-state index in [0.29, 0.717) is 5.82 Å². The molecule has 6 heteroatoms. The number of carbonyl (C=O) groups excluding carboxylic acids is 1. The topological polar surface area (TPSA) is 59.8 Å². The zero-order chi connectivity index (χ0) is 22.9. The Hall–Kier alpha value is -3.77. The quantitative estimate of drug-likeness (QED) is 0.300. The number of anilines is 1. The summed E-state index contributed by atoms with van der Waals surface area (Å²) in [4.78, 5) is 17.9. The Balaban J connectivity index is 1.59. The molecule has 0 saturated heterocycles. The van der Waals surface area contributed by atoms with Crippen molar-refractivity contribution in [1.29, 1.82) is 0 Å². The van der Waals surface area contributed by atoms with Crippen LogP contribution in [-0.4, -0.2) is 20.7 Å². The number of nitrogens with zero attached hydrogens (tertiary/aromatic N) is 3. The lowest BCUT2D eigenvalue weighted by atomic mass is 10.1. The van der Waals surface area contributed by atoms with Crippen molar-refractivity contribution >= 4 is 38.3 Å². The number of amides is 1. The van der Waals surface area contributed by atoms with Crippen molar-refractivity contribution in [3.63, 3.8) is 0 Å². The van der Waals surface area contributed by atoms with Crippen molar-refractivity contribution in [1.82, 2.24) is 14.8 Å². The van der Waals surface area contributed by atoms with Gasteiger partial charge in [0.15, 0.2) is 5.82 Å². The Morgan fingerprint density at radius 1 is 0.909 bits per heavy atom. The first-order valence-corrected chi connectivity index (χ1v) is 11.4. The van der Waals surface area contributed by atoms with E-state index in [9.17, 15) is 4.79 Å². The molecule has 5 rings (SSSR count). The summed E-state index contributed by atoms with van der Waals surface area (Å²) in [6.45, 7) is 4.09. The molecule has 0 bridgehead atoms. The fourth-order valence-electron chi connectivity index (χ4n) is 3.92. The van der Waals surface area contributed by atoms with Crippen molar-refractivity contribution in [3.8, 4) is 17.1 Å². The average molecular weight is 497 g/mol. The van der Waals surface area contributed by atoms with E-state index in [1.165, 1.54) is 0 Å². The Labute approximate surface area is 200 Å². The zero-order valence-corrected chi connectivity index (χ0v) is 19.8. The van der Waals surface area contributed by atoms with E-state index in [4.69, 9.17) is 0 Å². The molecule has 4 aromatic carbocycles. The van der Waals surface area contributed by atoms with Crippen molar-refractivity contribution in [2.24, 2.45) is 0 Å². The first kappa shape index (κ1) is 21.1. The highest BCUT2D eigenvalue weighted by molar-refractivity contribution is 9.10. The summed E-state index contributed by atoms with van der Waals surface area (Å²) >= 11 is 3.48. The SMILES string of the molecule is Cc1ccc(-n2nc(C(=O)Nc3cccc4ccccc34)nc2-c2ccc(Br)cc2)c(C)c1. The lowest BCUT2D eigenvalue weighted by Gasteiger charge is -2.10. The number of aromatic nitrogens is 3. The molecule has 0 aliphatic heterocycles. The summed E-state index contributed by atoms with van der Waals surface area (Å²) in [6.07, 6.45) is 0. The Morgan fingerprint density at radius 3 is 2.45 bits per heavy atom. The highest BCUT2D eigenvalue weighted by atomic mass is 79.9. The van der Waals surface area contributed by atoms with Crippen LogP contribution in [0.4, 0.5) is 5.69 Å². The Morgan fingerprint density at radius 2 is 1.67 bits per heavy atom. The third-order valence-electron chi connectivity index (χ3n) is 5.53. The van der Waals surface area contributed by atoms with Gasteiger partial charge in [-0.3, -0.25) is 4.79 Å². The van der Waals surface area contributed by atoms with E-state index in [0.717, 1.165) is 43.3 Å². The lowest BCUT2D eigenvalue weighted by molar-refractivity contribution is 0.101. The van der Waals surface area contributed by atoms with E-state index in [1.54, 1.807) is 4.68 Å². The van der Waals surface area contributed by atoms with Crippen LogP contribution in [0.1, 0.15) is 21.7 Å². The molecule has 0 aliphatic rings. The molecule has 1 heterocycles. The van der Waals surface area contributed by atoms with Gasteiger partial charge < -0.3 is 5.32 Å². The molecule has 0 saturated carbocycles. The average Bonchev–Trinajstić information content (AvgIpc) is 3.25. The monoisotopic (exact) mass is 496 g/mol. The molecular weight excluding hydrogens is 476 g/mol. The van der Waals surface area contributed by atoms with Gasteiger partial charge >= 0.3 is 0 Å². The number of carbonyl (C=O) groups is 1. The van der Waals surface area contributed by atoms with Gasteiger partial charge in [-0.25, -0.2) is 9.67 Å². The molecule has 1 N–H and O–H groups in total. The van der Waals surface area contributed by atoms with Crippen LogP contribution in [0.5, 0.6) is 0 Å². The van der Waals surface area contributed by atoms with Crippen molar-refractivity contribution < 1.29 is 4.79 Å². The highest BCUT2D eigenvalue weighted by Gasteiger charge is 2.20. The number of rotatable bonds is 4. The molecule has 1 aromatic heterocycles. The first-order chi connectivity index (χ1) is 16.0. The first-order valence-electron chi connectivity index (χ1n) is 10.6. The summed E-state index contributed by atoms with van der Waals surface area (Å²) in [6, 6.07) is 27.7. The minimum absolute atomic E-state index is 0.112. The maximum atomic E-state index is 13.2.